The molecular formula is C27H19Cl2NO6. The minimum Gasteiger partial charge on any atom is -0.496 e. The van der Waals surface area contributed by atoms with Crippen LogP contribution in [-0.2, 0) is 14.3 Å². The van der Waals surface area contributed by atoms with Gasteiger partial charge in [-0.15, -0.1) is 0 Å². The van der Waals surface area contributed by atoms with Crippen LogP contribution in [0.2, 0.25) is 10.0 Å². The second-order valence-corrected chi connectivity index (χ2v) is 8.27. The predicted octanol–water partition coefficient (Wildman–Crippen LogP) is 5.97. The summed E-state index contributed by atoms with van der Waals surface area (Å²) >= 11 is 11.9. The zero-order valence-corrected chi connectivity index (χ0v) is 20.7. The van der Waals surface area contributed by atoms with Crippen LogP contribution in [0.5, 0.6) is 17.2 Å². The Hall–Kier alpha value is -4.07. The summed E-state index contributed by atoms with van der Waals surface area (Å²) in [5, 5.41) is 1.05. The van der Waals surface area contributed by atoms with Crippen LogP contribution in [0.4, 0.5) is 0 Å². The Bertz CT molecular complexity index is 1410. The van der Waals surface area contributed by atoms with Gasteiger partial charge in [0.1, 0.15) is 5.75 Å². The van der Waals surface area contributed by atoms with Crippen LogP contribution in [0.25, 0.3) is 12.2 Å². The largest absolute Gasteiger partial charge is 0.496 e. The van der Waals surface area contributed by atoms with Gasteiger partial charge in [0, 0.05) is 16.1 Å². The molecule has 1 aliphatic rings. The molecule has 0 saturated heterocycles. The van der Waals surface area contributed by atoms with Crippen molar-refractivity contribution in [1.82, 2.24) is 0 Å². The molecule has 0 bridgehead atoms. The Labute approximate surface area is 217 Å². The molecule has 7 nitrogen and oxygen atoms in total. The van der Waals surface area contributed by atoms with Gasteiger partial charge in [-0.2, -0.15) is 0 Å². The lowest BCUT2D eigenvalue weighted by Gasteiger charge is -2.08. The molecule has 9 heteroatoms. The number of ether oxygens (including phenoxy) is 4. The molecule has 0 fully saturated rings. The molecule has 0 aliphatic carbocycles. The van der Waals surface area contributed by atoms with Crippen molar-refractivity contribution in [2.75, 3.05) is 14.2 Å². The number of esters is 2. The van der Waals surface area contributed by atoms with Crippen molar-refractivity contribution in [3.8, 4) is 17.2 Å². The van der Waals surface area contributed by atoms with Crippen LogP contribution >= 0.6 is 23.2 Å². The fraction of sp³-hybridized carbons (Fsp3) is 0.0741. The first-order chi connectivity index (χ1) is 17.4. The molecule has 0 unspecified atom stereocenters. The summed E-state index contributed by atoms with van der Waals surface area (Å²) in [6.07, 6.45) is 4.44. The van der Waals surface area contributed by atoms with E-state index in [1.807, 2.05) is 0 Å². The van der Waals surface area contributed by atoms with E-state index in [2.05, 4.69) is 4.99 Å². The van der Waals surface area contributed by atoms with Gasteiger partial charge in [-0.25, -0.2) is 14.6 Å². The average Bonchev–Trinajstić information content (AvgIpc) is 3.24. The van der Waals surface area contributed by atoms with Gasteiger partial charge in [-0.3, -0.25) is 0 Å². The highest BCUT2D eigenvalue weighted by Gasteiger charge is 2.26. The van der Waals surface area contributed by atoms with Crippen molar-refractivity contribution >= 4 is 53.2 Å². The number of nitrogens with zero attached hydrogens (tertiary/aromatic N) is 1. The van der Waals surface area contributed by atoms with Gasteiger partial charge in [-0.1, -0.05) is 41.4 Å². The van der Waals surface area contributed by atoms with Gasteiger partial charge in [0.15, 0.2) is 17.2 Å². The Morgan fingerprint density at radius 2 is 1.53 bits per heavy atom. The smallest absolute Gasteiger partial charge is 0.363 e. The third-order valence-electron chi connectivity index (χ3n) is 5.00. The number of halogens is 2. The number of aliphatic imine (C=N–C) groups is 1. The highest BCUT2D eigenvalue weighted by atomic mass is 35.5. The number of benzene rings is 3. The van der Waals surface area contributed by atoms with E-state index in [4.69, 9.17) is 42.1 Å². The van der Waals surface area contributed by atoms with E-state index in [1.165, 1.54) is 26.4 Å². The van der Waals surface area contributed by atoms with E-state index < -0.39 is 11.9 Å². The summed E-state index contributed by atoms with van der Waals surface area (Å²) in [6, 6.07) is 16.7. The van der Waals surface area contributed by atoms with Gasteiger partial charge in [-0.05, 0) is 65.7 Å². The van der Waals surface area contributed by atoms with Gasteiger partial charge in [0.05, 0.1) is 19.8 Å². The molecule has 0 N–H and O–H groups in total. The standard InChI is InChI=1S/C27H19Cl2NO6/c1-33-22-11-9-19(29)15-20(22)26-30-21(27(32)36-26)13-17-5-10-23(24(14-17)34-2)35-25(31)12-6-16-3-7-18(28)8-4-16/h3-15H,1-2H3/b12-6+,21-13-. The van der Waals surface area contributed by atoms with Crippen LogP contribution in [0.1, 0.15) is 16.7 Å². The third-order valence-corrected chi connectivity index (χ3v) is 5.48. The lowest BCUT2D eigenvalue weighted by molar-refractivity contribution is -0.130. The van der Waals surface area contributed by atoms with Crippen molar-refractivity contribution < 1.29 is 28.5 Å². The average molecular weight is 524 g/mol. The monoisotopic (exact) mass is 523 g/mol. The van der Waals surface area contributed by atoms with Crippen LogP contribution in [-0.4, -0.2) is 32.1 Å². The van der Waals surface area contributed by atoms with Crippen molar-refractivity contribution in [2.45, 2.75) is 0 Å². The van der Waals surface area contributed by atoms with E-state index in [0.29, 0.717) is 32.7 Å². The van der Waals surface area contributed by atoms with E-state index >= 15 is 0 Å². The normalized spacial score (nSPS) is 14.1. The number of carbonyl (C=O) groups is 2. The Kier molecular flexibility index (Phi) is 7.73. The summed E-state index contributed by atoms with van der Waals surface area (Å²) in [7, 11) is 2.94. The molecule has 0 radical (unpaired) electrons. The first kappa shape index (κ1) is 25.0. The fourth-order valence-electron chi connectivity index (χ4n) is 3.27. The summed E-state index contributed by atoms with van der Waals surface area (Å²) in [4.78, 5) is 29.0. The predicted molar refractivity (Wildman–Crippen MR) is 138 cm³/mol. The second-order valence-electron chi connectivity index (χ2n) is 7.40. The van der Waals surface area contributed by atoms with E-state index in [0.717, 1.165) is 5.56 Å². The number of carbonyl (C=O) groups excluding carboxylic acids is 2. The van der Waals surface area contributed by atoms with Crippen LogP contribution in [0.3, 0.4) is 0 Å². The maximum absolute atomic E-state index is 12.4. The molecule has 1 heterocycles. The molecule has 36 heavy (non-hydrogen) atoms. The molecule has 1 aliphatic heterocycles. The van der Waals surface area contributed by atoms with Gasteiger partial charge in [0.25, 0.3) is 0 Å². The quantitative estimate of drug-likeness (QED) is 0.215. The topological polar surface area (TPSA) is 83.4 Å². The number of hydrogen-bond acceptors (Lipinski definition) is 7. The van der Waals surface area contributed by atoms with Crippen molar-refractivity contribution in [3.63, 3.8) is 0 Å². The fourth-order valence-corrected chi connectivity index (χ4v) is 3.57. The molecule has 4 rings (SSSR count). The molecule has 3 aromatic rings. The van der Waals surface area contributed by atoms with Crippen LogP contribution in [0.15, 0.2) is 77.4 Å². The lowest BCUT2D eigenvalue weighted by Crippen LogP contribution is -2.07. The maximum Gasteiger partial charge on any atom is 0.363 e. The Morgan fingerprint density at radius 1 is 0.861 bits per heavy atom. The maximum atomic E-state index is 12.4. The summed E-state index contributed by atoms with van der Waals surface area (Å²) in [6.45, 7) is 0. The number of cyclic esters (lactones) is 1. The molecular weight excluding hydrogens is 505 g/mol. The zero-order valence-electron chi connectivity index (χ0n) is 19.2. The third kappa shape index (κ3) is 5.94. The zero-order chi connectivity index (χ0) is 25.7. The first-order valence-corrected chi connectivity index (χ1v) is 11.3. The highest BCUT2D eigenvalue weighted by Crippen LogP contribution is 2.31. The molecule has 0 atom stereocenters. The number of rotatable bonds is 7. The summed E-state index contributed by atoms with van der Waals surface area (Å²) in [5.74, 6) is -0.162. The Balaban J connectivity index is 1.53. The van der Waals surface area contributed by atoms with E-state index in [-0.39, 0.29) is 17.3 Å². The molecule has 0 spiro atoms. The molecule has 0 aromatic heterocycles. The molecule has 3 aromatic carbocycles. The number of methoxy groups -OCH3 is 2. The molecule has 182 valence electrons. The SMILES string of the molecule is COc1cc(/C=C2\N=C(c3cc(Cl)ccc3OC)OC2=O)ccc1OC(=O)/C=C/c1ccc(Cl)cc1. The minimum atomic E-state index is -0.631. The van der Waals surface area contributed by atoms with Crippen molar-refractivity contribution in [1.29, 1.82) is 0 Å². The molecule has 0 amide bonds. The van der Waals surface area contributed by atoms with Gasteiger partial charge < -0.3 is 18.9 Å². The van der Waals surface area contributed by atoms with Crippen molar-refractivity contribution in [3.05, 3.63) is 99.2 Å². The minimum absolute atomic E-state index is 0.0738. The highest BCUT2D eigenvalue weighted by molar-refractivity contribution is 6.31. The van der Waals surface area contributed by atoms with Gasteiger partial charge in [0.2, 0.25) is 5.90 Å². The van der Waals surface area contributed by atoms with E-state index in [1.54, 1.807) is 66.7 Å². The lowest BCUT2D eigenvalue weighted by atomic mass is 10.1. The number of hydrogen-bond donors (Lipinski definition) is 0. The van der Waals surface area contributed by atoms with Crippen molar-refractivity contribution in [2.24, 2.45) is 4.99 Å². The molecule has 0 saturated carbocycles. The second kappa shape index (κ2) is 11.1. The first-order valence-electron chi connectivity index (χ1n) is 10.6. The van der Waals surface area contributed by atoms with Crippen LogP contribution in [0, 0.1) is 0 Å². The Morgan fingerprint density at radius 3 is 2.25 bits per heavy atom. The van der Waals surface area contributed by atoms with Crippen LogP contribution < -0.4 is 14.2 Å². The van der Waals surface area contributed by atoms with Gasteiger partial charge >= 0.3 is 11.9 Å². The summed E-state index contributed by atoms with van der Waals surface area (Å²) < 4.78 is 21.4. The summed E-state index contributed by atoms with van der Waals surface area (Å²) in [5.41, 5.74) is 1.90. The van der Waals surface area contributed by atoms with E-state index in [9.17, 15) is 9.59 Å².